The molecule has 1 aromatic rings. The van der Waals surface area contributed by atoms with Crippen LogP contribution < -0.4 is 0 Å². The van der Waals surface area contributed by atoms with Gasteiger partial charge < -0.3 is 0 Å². The molecule has 1 unspecified atom stereocenters. The maximum atomic E-state index is 12.1. The highest BCUT2D eigenvalue weighted by atomic mass is 79.9. The second-order valence-electron chi connectivity index (χ2n) is 6.65. The van der Waals surface area contributed by atoms with Crippen LogP contribution in [0.25, 0.3) is 0 Å². The zero-order chi connectivity index (χ0) is 16.2. The molecule has 0 spiro atoms. The third-order valence-electron chi connectivity index (χ3n) is 4.90. The summed E-state index contributed by atoms with van der Waals surface area (Å²) in [4.78, 5) is 12.1. The molecule has 0 N–H and O–H groups in total. The lowest BCUT2D eigenvalue weighted by molar-refractivity contribution is 0.102. The van der Waals surface area contributed by atoms with Gasteiger partial charge in [-0.05, 0) is 47.4 Å². The van der Waals surface area contributed by atoms with E-state index in [0.29, 0.717) is 11.2 Å². The third-order valence-corrected chi connectivity index (χ3v) is 5.41. The maximum absolute atomic E-state index is 12.1. The fourth-order valence-electron chi connectivity index (χ4n) is 3.08. The Morgan fingerprint density at radius 1 is 1.29 bits per heavy atom. The van der Waals surface area contributed by atoms with E-state index in [4.69, 9.17) is 0 Å². The molecule has 0 saturated heterocycles. The quantitative estimate of drug-likeness (QED) is 0.444. The van der Waals surface area contributed by atoms with Gasteiger partial charge in [-0.2, -0.15) is 0 Å². The highest BCUT2D eigenvalue weighted by Gasteiger charge is 2.30. The molecule has 0 radical (unpaired) electrons. The van der Waals surface area contributed by atoms with Crippen molar-refractivity contribution >= 4 is 21.7 Å². The number of carbonyl (C=O) groups is 1. The summed E-state index contributed by atoms with van der Waals surface area (Å²) < 4.78 is 0. The van der Waals surface area contributed by atoms with E-state index in [9.17, 15) is 4.79 Å². The van der Waals surface area contributed by atoms with Crippen LogP contribution >= 0.6 is 15.9 Å². The first-order valence-electron chi connectivity index (χ1n) is 8.02. The monoisotopic (exact) mass is 352 g/mol. The Morgan fingerprint density at radius 3 is 2.38 bits per heavy atom. The zero-order valence-corrected chi connectivity index (χ0v) is 15.9. The first-order valence-corrected chi connectivity index (χ1v) is 9.14. The Kier molecular flexibility index (Phi) is 6.65. The van der Waals surface area contributed by atoms with Gasteiger partial charge in [0.25, 0.3) is 0 Å². The van der Waals surface area contributed by atoms with Gasteiger partial charge in [0.2, 0.25) is 0 Å². The van der Waals surface area contributed by atoms with E-state index in [1.54, 1.807) is 0 Å². The van der Waals surface area contributed by atoms with Gasteiger partial charge in [0.05, 0.1) is 5.33 Å². The molecule has 0 fully saturated rings. The van der Waals surface area contributed by atoms with Crippen LogP contribution in [0, 0.1) is 12.8 Å². The number of hydrogen-bond donors (Lipinski definition) is 0. The van der Waals surface area contributed by atoms with Gasteiger partial charge in [0.1, 0.15) is 0 Å². The number of benzene rings is 1. The molecule has 0 saturated carbocycles. The Morgan fingerprint density at radius 2 is 1.90 bits per heavy atom. The van der Waals surface area contributed by atoms with Gasteiger partial charge in [-0.1, -0.05) is 69.5 Å². The molecule has 1 nitrogen and oxygen atoms in total. The minimum absolute atomic E-state index is 0.141. The van der Waals surface area contributed by atoms with Crippen molar-refractivity contribution in [1.82, 2.24) is 0 Å². The summed E-state index contributed by atoms with van der Waals surface area (Å²) in [5, 5.41) is 0.395. The lowest BCUT2D eigenvalue weighted by Crippen LogP contribution is -2.28. The summed E-state index contributed by atoms with van der Waals surface area (Å²) in [6.07, 6.45) is 3.42. The largest absolute Gasteiger partial charge is 0.293 e. The summed E-state index contributed by atoms with van der Waals surface area (Å²) in [6, 6.07) is 4.37. The van der Waals surface area contributed by atoms with Crippen molar-refractivity contribution in [1.29, 1.82) is 0 Å². The third kappa shape index (κ3) is 3.97. The van der Waals surface area contributed by atoms with Crippen LogP contribution in [-0.4, -0.2) is 11.1 Å². The van der Waals surface area contributed by atoms with Gasteiger partial charge in [-0.3, -0.25) is 4.79 Å². The molecule has 0 aliphatic rings. The average molecular weight is 353 g/mol. The van der Waals surface area contributed by atoms with E-state index in [0.717, 1.165) is 17.5 Å². The number of ketones is 1. The van der Waals surface area contributed by atoms with E-state index in [1.807, 2.05) is 0 Å². The normalized spacial score (nSPS) is 13.3. The van der Waals surface area contributed by atoms with E-state index >= 15 is 0 Å². The van der Waals surface area contributed by atoms with Crippen LogP contribution in [0.5, 0.6) is 0 Å². The summed E-state index contributed by atoms with van der Waals surface area (Å²) in [7, 11) is 0. The van der Waals surface area contributed by atoms with Gasteiger partial charge >= 0.3 is 0 Å². The first kappa shape index (κ1) is 18.4. The zero-order valence-electron chi connectivity index (χ0n) is 14.3. The Labute approximate surface area is 138 Å². The number of alkyl halides is 1. The average Bonchev–Trinajstić information content (AvgIpc) is 2.46. The van der Waals surface area contributed by atoms with E-state index < -0.39 is 0 Å². The number of hydrogen-bond acceptors (Lipinski definition) is 1. The van der Waals surface area contributed by atoms with Crippen LogP contribution in [0.4, 0.5) is 0 Å². The molecule has 1 aromatic carbocycles. The second kappa shape index (κ2) is 7.58. The standard InChI is InChI=1S/C19H29BrO/c1-7-9-14(4)19(5,6)17-10-13(3)16(18(21)12-20)11-15(17)8-2/h10-11,14H,7-9,12H2,1-6H3. The number of carbonyl (C=O) groups excluding carboxylic acids is 1. The summed E-state index contributed by atoms with van der Waals surface area (Å²) in [6.45, 7) is 13.5. The van der Waals surface area contributed by atoms with Gasteiger partial charge in [0, 0.05) is 5.56 Å². The first-order chi connectivity index (χ1) is 9.79. The number of aryl methyl sites for hydroxylation is 2. The second-order valence-corrected chi connectivity index (χ2v) is 7.21. The number of halogens is 1. The molecular formula is C19H29BrO. The predicted octanol–water partition coefficient (Wildman–Crippen LogP) is 5.85. The van der Waals surface area contributed by atoms with Crippen LogP contribution in [0.1, 0.15) is 74.5 Å². The van der Waals surface area contributed by atoms with Crippen molar-refractivity contribution in [2.24, 2.45) is 5.92 Å². The van der Waals surface area contributed by atoms with Crippen LogP contribution in [-0.2, 0) is 11.8 Å². The lowest BCUT2D eigenvalue weighted by Gasteiger charge is -2.35. The topological polar surface area (TPSA) is 17.1 Å². The van der Waals surface area contributed by atoms with Gasteiger partial charge in [-0.15, -0.1) is 0 Å². The number of rotatable bonds is 7. The Balaban J connectivity index is 3.37. The van der Waals surface area contributed by atoms with E-state index in [1.165, 1.54) is 24.0 Å². The fraction of sp³-hybridized carbons (Fsp3) is 0.632. The van der Waals surface area contributed by atoms with Crippen molar-refractivity contribution in [3.63, 3.8) is 0 Å². The predicted molar refractivity (Wildman–Crippen MR) is 95.8 cm³/mol. The van der Waals surface area contributed by atoms with E-state index in [-0.39, 0.29) is 11.2 Å². The van der Waals surface area contributed by atoms with Crippen molar-refractivity contribution in [3.8, 4) is 0 Å². The van der Waals surface area contributed by atoms with Gasteiger partial charge in [0.15, 0.2) is 5.78 Å². The molecule has 21 heavy (non-hydrogen) atoms. The highest BCUT2D eigenvalue weighted by molar-refractivity contribution is 9.09. The van der Waals surface area contributed by atoms with Crippen LogP contribution in [0.15, 0.2) is 12.1 Å². The number of Topliss-reactive ketones (excluding diaryl/α,β-unsaturated/α-hetero) is 1. The minimum Gasteiger partial charge on any atom is -0.293 e. The summed E-state index contributed by atoms with van der Waals surface area (Å²) >= 11 is 3.28. The molecular weight excluding hydrogens is 324 g/mol. The molecule has 118 valence electrons. The molecule has 0 aliphatic carbocycles. The molecule has 0 aromatic heterocycles. The van der Waals surface area contributed by atoms with Crippen LogP contribution in [0.2, 0.25) is 0 Å². The fourth-order valence-corrected chi connectivity index (χ4v) is 3.38. The SMILES string of the molecule is CCCC(C)C(C)(C)c1cc(C)c(C(=O)CBr)cc1CC. The molecule has 0 amide bonds. The van der Waals surface area contributed by atoms with Crippen molar-refractivity contribution in [2.45, 2.75) is 66.2 Å². The van der Waals surface area contributed by atoms with Gasteiger partial charge in [-0.25, -0.2) is 0 Å². The molecule has 1 rings (SSSR count). The van der Waals surface area contributed by atoms with Crippen molar-refractivity contribution in [3.05, 3.63) is 34.4 Å². The molecule has 0 aliphatic heterocycles. The van der Waals surface area contributed by atoms with E-state index in [2.05, 4.69) is 69.6 Å². The Hall–Kier alpha value is -0.630. The van der Waals surface area contributed by atoms with Crippen molar-refractivity contribution in [2.75, 3.05) is 5.33 Å². The molecule has 2 heteroatoms. The maximum Gasteiger partial charge on any atom is 0.173 e. The minimum atomic E-state index is 0.141. The van der Waals surface area contributed by atoms with Crippen LogP contribution in [0.3, 0.4) is 0 Å². The molecule has 0 heterocycles. The summed E-state index contributed by atoms with van der Waals surface area (Å²) in [5.74, 6) is 0.804. The molecule has 0 bridgehead atoms. The van der Waals surface area contributed by atoms with Crippen molar-refractivity contribution < 1.29 is 4.79 Å². The smallest absolute Gasteiger partial charge is 0.173 e. The lowest BCUT2D eigenvalue weighted by atomic mass is 9.70. The highest BCUT2D eigenvalue weighted by Crippen LogP contribution is 2.37. The Bertz CT molecular complexity index is 503. The molecule has 1 atom stereocenters. The summed E-state index contributed by atoms with van der Waals surface area (Å²) in [5.41, 5.74) is 4.84.